The molecule has 0 aromatic heterocycles. The highest BCUT2D eigenvalue weighted by molar-refractivity contribution is 5.43. The van der Waals surface area contributed by atoms with Gasteiger partial charge in [0.05, 0.1) is 14.2 Å². The Hall–Kier alpha value is -1.33. The van der Waals surface area contributed by atoms with Crippen LogP contribution in [0.5, 0.6) is 11.5 Å². The molecule has 1 aromatic carbocycles. The van der Waals surface area contributed by atoms with Crippen LogP contribution in [0.2, 0.25) is 0 Å². The Bertz CT molecular complexity index is 519. The van der Waals surface area contributed by atoms with Crippen LogP contribution in [0.3, 0.4) is 0 Å². The van der Waals surface area contributed by atoms with Crippen molar-refractivity contribution >= 4 is 0 Å². The smallest absolute Gasteiger partial charge is 0.163 e. The molecule has 1 aliphatic rings. The number of benzene rings is 1. The number of aliphatic hydroxyl groups is 1. The van der Waals surface area contributed by atoms with E-state index in [0.29, 0.717) is 23.6 Å². The summed E-state index contributed by atoms with van der Waals surface area (Å²) in [6.45, 7) is 4.61. The highest BCUT2D eigenvalue weighted by Gasteiger charge is 2.34. The molecular weight excluding hydrogens is 297 g/mol. The molecule has 1 aliphatic heterocycles. The molecule has 0 saturated carbocycles. The molecule has 0 unspecified atom stereocenters. The lowest BCUT2D eigenvalue weighted by Crippen LogP contribution is -2.45. The van der Waals surface area contributed by atoms with E-state index < -0.39 is 0 Å². The zero-order valence-corrected chi connectivity index (χ0v) is 14.4. The molecule has 0 spiro atoms. The van der Waals surface area contributed by atoms with Gasteiger partial charge in [0.25, 0.3) is 0 Å². The lowest BCUT2D eigenvalue weighted by molar-refractivity contribution is 0.0212. The van der Waals surface area contributed by atoms with E-state index in [-0.39, 0.29) is 17.8 Å². The quantitative estimate of drug-likeness (QED) is 0.836. The van der Waals surface area contributed by atoms with Gasteiger partial charge in [-0.05, 0) is 31.9 Å². The van der Waals surface area contributed by atoms with E-state index in [1.807, 2.05) is 0 Å². The van der Waals surface area contributed by atoms with Crippen molar-refractivity contribution in [3.63, 3.8) is 0 Å². The number of nitrogens with zero attached hydrogens (tertiary/aromatic N) is 1. The van der Waals surface area contributed by atoms with E-state index in [0.717, 1.165) is 38.8 Å². The maximum atomic E-state index is 14.3. The molecule has 0 bridgehead atoms. The molecule has 1 saturated heterocycles. The minimum Gasteiger partial charge on any atom is -0.493 e. The number of piperidine rings is 1. The van der Waals surface area contributed by atoms with Crippen molar-refractivity contribution in [2.24, 2.45) is 5.41 Å². The Morgan fingerprint density at radius 1 is 1.26 bits per heavy atom. The molecule has 2 rings (SSSR count). The number of hydrogen-bond donors (Lipinski definition) is 1. The van der Waals surface area contributed by atoms with Gasteiger partial charge in [0.2, 0.25) is 0 Å². The third-order valence-electron chi connectivity index (χ3n) is 4.80. The molecule has 4 nitrogen and oxygen atoms in total. The summed E-state index contributed by atoms with van der Waals surface area (Å²) in [5, 5.41) is 9.82. The summed E-state index contributed by atoms with van der Waals surface area (Å²) in [6.07, 6.45) is 4.14. The number of aliphatic hydroxyl groups excluding tert-OH is 1. The number of hydrogen-bond acceptors (Lipinski definition) is 4. The Kier molecular flexibility index (Phi) is 6.25. The average Bonchev–Trinajstić information content (AvgIpc) is 2.57. The fraction of sp³-hybridized carbons (Fsp3) is 0.667. The van der Waals surface area contributed by atoms with Gasteiger partial charge in [-0.1, -0.05) is 13.3 Å². The first kappa shape index (κ1) is 18.0. The van der Waals surface area contributed by atoms with Crippen molar-refractivity contribution < 1.29 is 19.0 Å². The van der Waals surface area contributed by atoms with E-state index in [1.165, 1.54) is 13.2 Å². The van der Waals surface area contributed by atoms with Gasteiger partial charge < -0.3 is 14.6 Å². The summed E-state index contributed by atoms with van der Waals surface area (Å²) in [5.41, 5.74) is 0.563. The number of halogens is 1. The second-order valence-corrected chi connectivity index (χ2v) is 6.52. The van der Waals surface area contributed by atoms with Crippen molar-refractivity contribution in [3.05, 3.63) is 23.5 Å². The van der Waals surface area contributed by atoms with Crippen LogP contribution in [0.15, 0.2) is 12.1 Å². The predicted molar refractivity (Wildman–Crippen MR) is 88.4 cm³/mol. The van der Waals surface area contributed by atoms with E-state index in [2.05, 4.69) is 11.8 Å². The third-order valence-corrected chi connectivity index (χ3v) is 4.80. The van der Waals surface area contributed by atoms with Gasteiger partial charge in [-0.3, -0.25) is 4.90 Å². The highest BCUT2D eigenvalue weighted by Crippen LogP contribution is 2.36. The van der Waals surface area contributed by atoms with E-state index in [1.54, 1.807) is 13.2 Å². The molecule has 1 heterocycles. The fourth-order valence-electron chi connectivity index (χ4n) is 3.65. The van der Waals surface area contributed by atoms with Crippen LogP contribution in [0.25, 0.3) is 0 Å². The Balaban J connectivity index is 2.15. The van der Waals surface area contributed by atoms with Crippen LogP contribution < -0.4 is 9.47 Å². The van der Waals surface area contributed by atoms with E-state index in [9.17, 15) is 9.50 Å². The molecule has 23 heavy (non-hydrogen) atoms. The molecule has 1 aromatic rings. The van der Waals surface area contributed by atoms with Crippen molar-refractivity contribution in [2.75, 3.05) is 33.9 Å². The first-order chi connectivity index (χ1) is 11.1. The molecule has 1 N–H and O–H groups in total. The Morgan fingerprint density at radius 2 is 1.96 bits per heavy atom. The SMILES string of the molecule is CCC[C@@]1(CO)CCCN(Cc2cc(OC)c(OC)cc2F)C1. The summed E-state index contributed by atoms with van der Waals surface area (Å²) < 4.78 is 24.7. The second-order valence-electron chi connectivity index (χ2n) is 6.52. The summed E-state index contributed by atoms with van der Waals surface area (Å²) in [6, 6.07) is 3.09. The standard InChI is InChI=1S/C18H28FNO3/c1-4-6-18(13-21)7-5-8-20(12-18)11-14-9-16(22-2)17(23-3)10-15(14)19/h9-10,21H,4-8,11-13H2,1-3H3/t18-/m1/s1. The van der Waals surface area contributed by atoms with Gasteiger partial charge in [0.15, 0.2) is 11.5 Å². The molecule has 1 fully saturated rings. The normalized spacial score (nSPS) is 22.1. The minimum atomic E-state index is -0.279. The summed E-state index contributed by atoms with van der Waals surface area (Å²) in [7, 11) is 3.06. The molecule has 5 heteroatoms. The maximum Gasteiger partial charge on any atom is 0.163 e. The fourth-order valence-corrected chi connectivity index (χ4v) is 3.65. The van der Waals surface area contributed by atoms with E-state index in [4.69, 9.17) is 9.47 Å². The van der Waals surface area contributed by atoms with Crippen LogP contribution in [-0.2, 0) is 6.54 Å². The zero-order chi connectivity index (χ0) is 16.9. The van der Waals surface area contributed by atoms with Crippen LogP contribution in [0.4, 0.5) is 4.39 Å². The lowest BCUT2D eigenvalue weighted by Gasteiger charge is -2.42. The second kappa shape index (κ2) is 7.97. The molecule has 130 valence electrons. The number of rotatable bonds is 7. The topological polar surface area (TPSA) is 41.9 Å². The van der Waals surface area contributed by atoms with Crippen molar-refractivity contribution in [2.45, 2.75) is 39.2 Å². The number of ether oxygens (including phenoxy) is 2. The monoisotopic (exact) mass is 325 g/mol. The Labute approximate surface area is 138 Å². The van der Waals surface area contributed by atoms with Crippen LogP contribution in [0.1, 0.15) is 38.2 Å². The van der Waals surface area contributed by atoms with Crippen molar-refractivity contribution in [1.29, 1.82) is 0 Å². The van der Waals surface area contributed by atoms with Gasteiger partial charge in [-0.2, -0.15) is 0 Å². The molecule has 1 atom stereocenters. The highest BCUT2D eigenvalue weighted by atomic mass is 19.1. The van der Waals surface area contributed by atoms with Gasteiger partial charge in [-0.15, -0.1) is 0 Å². The van der Waals surface area contributed by atoms with Gasteiger partial charge >= 0.3 is 0 Å². The van der Waals surface area contributed by atoms with E-state index >= 15 is 0 Å². The molecule has 0 aliphatic carbocycles. The third kappa shape index (κ3) is 4.15. The van der Waals surface area contributed by atoms with Gasteiger partial charge in [0, 0.05) is 36.7 Å². The summed E-state index contributed by atoms with van der Waals surface area (Å²) in [4.78, 5) is 2.24. The largest absolute Gasteiger partial charge is 0.493 e. The average molecular weight is 325 g/mol. The van der Waals surface area contributed by atoms with Crippen LogP contribution in [-0.4, -0.2) is 43.9 Å². The minimum absolute atomic E-state index is 0.0416. The molecule has 0 amide bonds. The summed E-state index contributed by atoms with van der Waals surface area (Å²) in [5.74, 6) is 0.671. The van der Waals surface area contributed by atoms with Crippen molar-refractivity contribution in [1.82, 2.24) is 4.90 Å². The van der Waals surface area contributed by atoms with Crippen LogP contribution in [0, 0.1) is 11.2 Å². The zero-order valence-electron chi connectivity index (χ0n) is 14.4. The summed E-state index contributed by atoms with van der Waals surface area (Å²) >= 11 is 0. The van der Waals surface area contributed by atoms with Gasteiger partial charge in [0.1, 0.15) is 5.82 Å². The molecule has 0 radical (unpaired) electrons. The Morgan fingerprint density at radius 3 is 2.57 bits per heavy atom. The number of likely N-dealkylation sites (tertiary alicyclic amines) is 1. The van der Waals surface area contributed by atoms with Crippen molar-refractivity contribution in [3.8, 4) is 11.5 Å². The maximum absolute atomic E-state index is 14.3. The lowest BCUT2D eigenvalue weighted by atomic mass is 9.77. The predicted octanol–water partition coefficient (Wildman–Crippen LogP) is 3.22. The first-order valence-electron chi connectivity index (χ1n) is 8.31. The van der Waals surface area contributed by atoms with Gasteiger partial charge in [-0.25, -0.2) is 4.39 Å². The number of methoxy groups -OCH3 is 2. The molecular formula is C18H28FNO3. The van der Waals surface area contributed by atoms with Crippen LogP contribution >= 0.6 is 0 Å². The first-order valence-corrected chi connectivity index (χ1v) is 8.31.